The quantitative estimate of drug-likeness (QED) is 0.529. The Morgan fingerprint density at radius 2 is 2.06 bits per heavy atom. The van der Waals surface area contributed by atoms with Gasteiger partial charge in [0.25, 0.3) is 0 Å². The van der Waals surface area contributed by atoms with Crippen molar-refractivity contribution in [1.29, 1.82) is 0 Å². The third kappa shape index (κ3) is 4.76. The Kier molecular flexibility index (Phi) is 7.30. The lowest BCUT2D eigenvalue weighted by molar-refractivity contribution is -0.186. The molecule has 0 bridgehead atoms. The summed E-state index contributed by atoms with van der Waals surface area (Å²) in [6.45, 7) is 1.43. The Morgan fingerprint density at radius 1 is 1.25 bits per heavy atom. The van der Waals surface area contributed by atoms with Crippen molar-refractivity contribution in [3.8, 4) is 11.4 Å². The highest BCUT2D eigenvalue weighted by Crippen LogP contribution is 2.39. The average Bonchev–Trinajstić information content (AvgIpc) is 3.26. The van der Waals surface area contributed by atoms with E-state index in [1.165, 1.54) is 29.8 Å². The molecule has 9 nitrogen and oxygen atoms in total. The molecule has 0 saturated carbocycles. The van der Waals surface area contributed by atoms with Gasteiger partial charge in [0.1, 0.15) is 35.5 Å². The molecule has 0 unspecified atom stereocenters. The molecule has 0 radical (unpaired) electrons. The van der Waals surface area contributed by atoms with Crippen molar-refractivity contribution in [3.63, 3.8) is 0 Å². The van der Waals surface area contributed by atoms with Gasteiger partial charge < -0.3 is 19.7 Å². The molecule has 1 aliphatic heterocycles. The summed E-state index contributed by atoms with van der Waals surface area (Å²) in [5.74, 6) is 0. The topological polar surface area (TPSA) is 115 Å². The van der Waals surface area contributed by atoms with Crippen LogP contribution in [0.3, 0.4) is 0 Å². The van der Waals surface area contributed by atoms with Crippen LogP contribution in [0.25, 0.3) is 11.4 Å². The van der Waals surface area contributed by atoms with Crippen molar-refractivity contribution in [1.82, 2.24) is 25.0 Å². The maximum atomic E-state index is 10.9. The van der Waals surface area contributed by atoms with Crippen LogP contribution in [0.4, 0.5) is 0 Å². The summed E-state index contributed by atoms with van der Waals surface area (Å²) >= 11 is 13.5. The third-order valence-electron chi connectivity index (χ3n) is 5.13. The summed E-state index contributed by atoms with van der Waals surface area (Å²) in [7, 11) is 1.53. The minimum Gasteiger partial charge on any atom is -0.394 e. The van der Waals surface area contributed by atoms with Crippen molar-refractivity contribution in [2.45, 2.75) is 41.6 Å². The fourth-order valence-corrected chi connectivity index (χ4v) is 5.06. The molecule has 0 aliphatic carbocycles. The van der Waals surface area contributed by atoms with Crippen LogP contribution >= 0.6 is 35.0 Å². The molecule has 4 heterocycles. The fraction of sp³-hybridized carbons (Fsp3) is 0.400. The molecule has 0 amide bonds. The van der Waals surface area contributed by atoms with Crippen molar-refractivity contribution in [2.75, 3.05) is 13.7 Å². The molecule has 170 valence electrons. The highest BCUT2D eigenvalue weighted by molar-refractivity contribution is 7.99. The van der Waals surface area contributed by atoms with Crippen LogP contribution in [0.2, 0.25) is 10.0 Å². The molecular formula is C20H21Cl2N5O4S. The number of thioether (sulfide) groups is 1. The number of aryl methyl sites for hydroxylation is 1. The lowest BCUT2D eigenvalue weighted by Crippen LogP contribution is -2.55. The van der Waals surface area contributed by atoms with Crippen molar-refractivity contribution >= 4 is 35.0 Å². The highest BCUT2D eigenvalue weighted by Gasteiger charge is 2.47. The minimum atomic E-state index is -1.09. The summed E-state index contributed by atoms with van der Waals surface area (Å²) in [5.41, 5.74) is 1.21. The zero-order valence-electron chi connectivity index (χ0n) is 17.2. The maximum absolute atomic E-state index is 10.9. The molecule has 5 atom stereocenters. The molecule has 4 rings (SSSR count). The first-order valence-electron chi connectivity index (χ1n) is 9.71. The van der Waals surface area contributed by atoms with E-state index >= 15 is 0 Å². The van der Waals surface area contributed by atoms with Gasteiger partial charge in [-0.3, -0.25) is 4.98 Å². The first-order valence-corrected chi connectivity index (χ1v) is 11.3. The lowest BCUT2D eigenvalue weighted by atomic mass is 9.97. The molecule has 1 aliphatic rings. The largest absolute Gasteiger partial charge is 0.394 e. The first kappa shape index (κ1) is 23.4. The summed E-state index contributed by atoms with van der Waals surface area (Å²) in [6, 6.07) is 4.57. The monoisotopic (exact) mass is 497 g/mol. The van der Waals surface area contributed by atoms with Crippen LogP contribution in [0, 0.1) is 6.92 Å². The average molecular weight is 498 g/mol. The standard InChI is InChI=1S/C20H21Cl2N5O4S/c1-10-13(22)3-4-14(24-10)15-8-27(26-25-15)17-18(29)16(9-28)31-20(19(17)30-2)32-12-5-11(21)6-23-7-12/h3-8,16-20,28-29H,9H2,1-2H3/t16-,17+,18+,19-,20-/m1/s1. The van der Waals surface area contributed by atoms with Gasteiger partial charge in [-0.25, -0.2) is 9.67 Å². The number of aliphatic hydroxyl groups is 2. The van der Waals surface area contributed by atoms with E-state index in [9.17, 15) is 10.2 Å². The third-order valence-corrected chi connectivity index (χ3v) is 6.84. The molecule has 3 aromatic heterocycles. The number of rotatable bonds is 6. The number of aromatic nitrogens is 5. The zero-order valence-corrected chi connectivity index (χ0v) is 19.5. The Balaban J connectivity index is 1.66. The molecule has 12 heteroatoms. The van der Waals surface area contributed by atoms with Crippen LogP contribution in [-0.4, -0.2) is 72.6 Å². The molecule has 1 fully saturated rings. The van der Waals surface area contributed by atoms with E-state index in [1.54, 1.807) is 37.5 Å². The van der Waals surface area contributed by atoms with E-state index in [4.69, 9.17) is 32.7 Å². The van der Waals surface area contributed by atoms with Crippen LogP contribution < -0.4 is 0 Å². The number of aliphatic hydroxyl groups excluding tert-OH is 2. The van der Waals surface area contributed by atoms with Crippen molar-refractivity contribution in [3.05, 3.63) is 52.5 Å². The van der Waals surface area contributed by atoms with Crippen LogP contribution in [0.5, 0.6) is 0 Å². The molecule has 3 aromatic rings. The number of halogens is 2. The Hall–Kier alpha value is -1.79. The Labute approximate surface area is 198 Å². The fourth-order valence-electron chi connectivity index (χ4n) is 3.53. The minimum absolute atomic E-state index is 0.377. The molecule has 1 saturated heterocycles. The number of methoxy groups -OCH3 is 1. The van der Waals surface area contributed by atoms with E-state index in [0.29, 0.717) is 27.1 Å². The maximum Gasteiger partial charge on any atom is 0.136 e. The smallest absolute Gasteiger partial charge is 0.136 e. The predicted octanol–water partition coefficient (Wildman–Crippen LogP) is 2.78. The van der Waals surface area contributed by atoms with Gasteiger partial charge in [-0.2, -0.15) is 0 Å². The molecule has 2 N–H and O–H groups in total. The van der Waals surface area contributed by atoms with Gasteiger partial charge in [0.2, 0.25) is 0 Å². The van der Waals surface area contributed by atoms with Gasteiger partial charge in [0.15, 0.2) is 0 Å². The summed E-state index contributed by atoms with van der Waals surface area (Å²) in [4.78, 5) is 9.29. The Bertz CT molecular complexity index is 1090. The van der Waals surface area contributed by atoms with Gasteiger partial charge in [0.05, 0.1) is 34.2 Å². The van der Waals surface area contributed by atoms with E-state index in [1.807, 2.05) is 0 Å². The number of nitrogens with zero attached hydrogens (tertiary/aromatic N) is 5. The number of hydrogen-bond acceptors (Lipinski definition) is 9. The van der Waals surface area contributed by atoms with Crippen LogP contribution in [0.15, 0.2) is 41.7 Å². The van der Waals surface area contributed by atoms with Gasteiger partial charge in [0, 0.05) is 24.4 Å². The van der Waals surface area contributed by atoms with Gasteiger partial charge in [-0.15, -0.1) is 5.10 Å². The zero-order chi connectivity index (χ0) is 22.8. The predicted molar refractivity (Wildman–Crippen MR) is 120 cm³/mol. The number of ether oxygens (including phenoxy) is 2. The second kappa shape index (κ2) is 10.0. The van der Waals surface area contributed by atoms with Crippen LogP contribution in [-0.2, 0) is 9.47 Å². The van der Waals surface area contributed by atoms with Crippen LogP contribution in [0.1, 0.15) is 11.7 Å². The van der Waals surface area contributed by atoms with E-state index in [0.717, 1.165) is 4.90 Å². The van der Waals surface area contributed by atoms with Gasteiger partial charge in [-0.05, 0) is 25.1 Å². The molecule has 32 heavy (non-hydrogen) atoms. The molecule has 0 spiro atoms. The van der Waals surface area contributed by atoms with Crippen molar-refractivity contribution in [2.24, 2.45) is 0 Å². The van der Waals surface area contributed by atoms with E-state index in [2.05, 4.69) is 20.3 Å². The number of hydrogen-bond donors (Lipinski definition) is 2. The molecular weight excluding hydrogens is 477 g/mol. The SMILES string of the molecule is CO[C@@H]1[C@@H](n2cc(-c3ccc(Cl)c(C)n3)nn2)[C@@H](O)[C@@H](CO)O[C@@H]1Sc1cncc(Cl)c1. The summed E-state index contributed by atoms with van der Waals surface area (Å²) < 4.78 is 13.2. The van der Waals surface area contributed by atoms with Crippen molar-refractivity contribution < 1.29 is 19.7 Å². The summed E-state index contributed by atoms with van der Waals surface area (Å²) in [6.07, 6.45) is 2.31. The van der Waals surface area contributed by atoms with Gasteiger partial charge in [-0.1, -0.05) is 40.2 Å². The lowest BCUT2D eigenvalue weighted by Gasteiger charge is -2.43. The summed E-state index contributed by atoms with van der Waals surface area (Å²) in [5, 5.41) is 30.2. The Morgan fingerprint density at radius 3 is 2.75 bits per heavy atom. The number of pyridine rings is 2. The van der Waals surface area contributed by atoms with Gasteiger partial charge >= 0.3 is 0 Å². The normalized spacial score (nSPS) is 25.8. The second-order valence-corrected chi connectivity index (χ2v) is 9.23. The first-order chi connectivity index (χ1) is 15.4. The van der Waals surface area contributed by atoms with E-state index < -0.39 is 29.8 Å². The molecule has 0 aromatic carbocycles. The second-order valence-electron chi connectivity index (χ2n) is 7.21. The van der Waals surface area contributed by atoms with E-state index in [-0.39, 0.29) is 6.61 Å². The highest BCUT2D eigenvalue weighted by atomic mass is 35.5.